The smallest absolute Gasteiger partial charge is 0.293 e. The number of sulfonamides is 1. The highest BCUT2D eigenvalue weighted by Crippen LogP contribution is 2.31. The van der Waals surface area contributed by atoms with E-state index >= 15 is 0 Å². The zero-order valence-corrected chi connectivity index (χ0v) is 36.4. The number of amides is 2. The Morgan fingerprint density at radius 3 is 2.18 bits per heavy atom. The number of nitro groups is 1. The second-order valence-corrected chi connectivity index (χ2v) is 18.9. The van der Waals surface area contributed by atoms with Crippen LogP contribution in [0.15, 0.2) is 131 Å². The Morgan fingerprint density at radius 2 is 1.53 bits per heavy atom. The number of halogens is 1. The first-order valence-corrected chi connectivity index (χ1v) is 22.4. The Labute approximate surface area is 361 Å². The number of nitrogens with zero attached hydrogens (tertiary/aromatic N) is 4. The Kier molecular flexibility index (Phi) is 14.2. The van der Waals surface area contributed by atoms with Crippen molar-refractivity contribution in [2.24, 2.45) is 0 Å². The molecular formula is C45H49ClN6O6S2. The summed E-state index contributed by atoms with van der Waals surface area (Å²) in [6.07, 6.45) is 0.0384. The molecule has 0 bridgehead atoms. The lowest BCUT2D eigenvalue weighted by Gasteiger charge is -2.36. The van der Waals surface area contributed by atoms with E-state index in [9.17, 15) is 28.1 Å². The fourth-order valence-corrected chi connectivity index (χ4v) is 8.86. The summed E-state index contributed by atoms with van der Waals surface area (Å²) in [6, 6.07) is 35.4. The number of benzene rings is 5. The third kappa shape index (κ3) is 11.4. The molecule has 1 heterocycles. The van der Waals surface area contributed by atoms with Crippen LogP contribution in [0.1, 0.15) is 43.1 Å². The van der Waals surface area contributed by atoms with Crippen LogP contribution < -0.4 is 14.9 Å². The molecule has 5 aromatic rings. The van der Waals surface area contributed by atoms with E-state index in [1.807, 2.05) is 81.4 Å². The van der Waals surface area contributed by atoms with Gasteiger partial charge in [-0.15, -0.1) is 11.8 Å². The van der Waals surface area contributed by atoms with Crippen molar-refractivity contribution in [2.75, 3.05) is 49.2 Å². The maximum absolute atomic E-state index is 13.4. The monoisotopic (exact) mass is 868 g/mol. The van der Waals surface area contributed by atoms with Gasteiger partial charge in [0.2, 0.25) is 5.91 Å². The van der Waals surface area contributed by atoms with Crippen LogP contribution >= 0.6 is 23.4 Å². The van der Waals surface area contributed by atoms with Crippen LogP contribution in [0, 0.1) is 10.1 Å². The van der Waals surface area contributed by atoms with E-state index in [4.69, 9.17) is 11.6 Å². The second kappa shape index (κ2) is 19.3. The van der Waals surface area contributed by atoms with Gasteiger partial charge in [-0.3, -0.25) is 24.6 Å². The zero-order valence-electron chi connectivity index (χ0n) is 34.0. The number of piperazine rings is 1. The number of hydrogen-bond donors (Lipinski definition) is 2. The van der Waals surface area contributed by atoms with Crippen LogP contribution in [-0.2, 0) is 21.4 Å². The summed E-state index contributed by atoms with van der Waals surface area (Å²) in [7, 11) is -2.79. The molecule has 1 saturated heterocycles. The first kappa shape index (κ1) is 44.2. The van der Waals surface area contributed by atoms with Crippen molar-refractivity contribution in [3.8, 4) is 11.1 Å². The van der Waals surface area contributed by atoms with Gasteiger partial charge in [0, 0.05) is 90.8 Å². The van der Waals surface area contributed by atoms with Gasteiger partial charge in [0.1, 0.15) is 5.69 Å². The number of rotatable bonds is 15. The Bertz CT molecular complexity index is 2400. The average Bonchev–Trinajstić information content (AvgIpc) is 3.23. The summed E-state index contributed by atoms with van der Waals surface area (Å²) < 4.78 is 28.9. The third-order valence-corrected chi connectivity index (χ3v) is 13.2. The summed E-state index contributed by atoms with van der Waals surface area (Å²) in [5.41, 5.74) is 3.65. The van der Waals surface area contributed by atoms with Crippen LogP contribution in [0.3, 0.4) is 0 Å². The summed E-state index contributed by atoms with van der Waals surface area (Å²) >= 11 is 7.61. The third-order valence-electron chi connectivity index (χ3n) is 10.5. The van der Waals surface area contributed by atoms with Crippen molar-refractivity contribution >= 4 is 62.3 Å². The molecule has 1 aliphatic rings. The molecule has 0 unspecified atom stereocenters. The van der Waals surface area contributed by atoms with Crippen LogP contribution in [0.25, 0.3) is 11.1 Å². The van der Waals surface area contributed by atoms with Gasteiger partial charge in [-0.2, -0.15) is 0 Å². The molecule has 0 spiro atoms. The minimum Gasteiger partial charge on any atom is -0.375 e. The molecule has 12 nitrogen and oxygen atoms in total. The Hall–Kier alpha value is -5.41. The predicted octanol–water partition coefficient (Wildman–Crippen LogP) is 8.58. The molecule has 60 heavy (non-hydrogen) atoms. The number of nitrogens with one attached hydrogen (secondary N) is 2. The number of anilines is 2. The molecule has 1 aliphatic heterocycles. The molecule has 0 radical (unpaired) electrons. The topological polar surface area (TPSA) is 145 Å². The van der Waals surface area contributed by atoms with E-state index in [-0.39, 0.29) is 23.6 Å². The van der Waals surface area contributed by atoms with E-state index < -0.39 is 43.0 Å². The van der Waals surface area contributed by atoms with Crippen molar-refractivity contribution in [3.63, 3.8) is 0 Å². The van der Waals surface area contributed by atoms with Crippen LogP contribution in [0.4, 0.5) is 17.1 Å². The fraction of sp³-hybridized carbons (Fsp3) is 0.289. The highest BCUT2D eigenvalue weighted by Gasteiger charge is 2.29. The standard InChI is InChI=1S/C45H49ClN6O6S2/c1-45(2,3)49(4)43(53)28-36(31-59-38-11-6-5-7-12-38)47-41-23-22-39(29-42(41)52(55)56)60(57,58)48-44(54)33-16-20-37(21-17-33)51-26-24-50(25-27-51)30-34-10-8-9-13-40(34)32-14-18-35(46)19-15-32/h5-23,29,36,47H,24-28,30-31H2,1-4H3,(H,48,54)/t36-/m1/s1. The molecule has 15 heteroatoms. The lowest BCUT2D eigenvalue weighted by atomic mass is 9.99. The normalized spacial score (nSPS) is 14.0. The van der Waals surface area contributed by atoms with Gasteiger partial charge in [0.05, 0.1) is 9.82 Å². The van der Waals surface area contributed by atoms with Crippen molar-refractivity contribution in [1.29, 1.82) is 0 Å². The number of carbonyl (C=O) groups excluding carboxylic acids is 2. The number of carbonyl (C=O) groups is 2. The number of hydrogen-bond acceptors (Lipinski definition) is 10. The zero-order chi connectivity index (χ0) is 43.0. The van der Waals surface area contributed by atoms with Gasteiger partial charge >= 0.3 is 0 Å². The molecule has 314 valence electrons. The highest BCUT2D eigenvalue weighted by atomic mass is 35.5. The van der Waals surface area contributed by atoms with Gasteiger partial charge in [-0.1, -0.05) is 66.2 Å². The molecule has 1 atom stereocenters. The molecule has 0 saturated carbocycles. The molecule has 5 aromatic carbocycles. The van der Waals surface area contributed by atoms with Gasteiger partial charge in [0.25, 0.3) is 21.6 Å². The van der Waals surface area contributed by atoms with E-state index in [2.05, 4.69) is 38.0 Å². The second-order valence-electron chi connectivity index (χ2n) is 15.6. The van der Waals surface area contributed by atoms with Crippen LogP contribution in [0.5, 0.6) is 0 Å². The Morgan fingerprint density at radius 1 is 0.883 bits per heavy atom. The van der Waals surface area contributed by atoms with E-state index in [0.717, 1.165) is 54.9 Å². The molecule has 2 amide bonds. The quantitative estimate of drug-likeness (QED) is 0.0597. The van der Waals surface area contributed by atoms with E-state index in [1.165, 1.54) is 35.0 Å². The number of thioether (sulfide) groups is 1. The molecular weight excluding hydrogens is 820 g/mol. The van der Waals surface area contributed by atoms with Crippen molar-refractivity contribution in [1.82, 2.24) is 14.5 Å². The van der Waals surface area contributed by atoms with Gasteiger partial charge < -0.3 is 15.1 Å². The van der Waals surface area contributed by atoms with Crippen LogP contribution in [0.2, 0.25) is 5.02 Å². The number of nitro benzene ring substituents is 1. The largest absolute Gasteiger partial charge is 0.375 e. The minimum atomic E-state index is -4.51. The predicted molar refractivity (Wildman–Crippen MR) is 240 cm³/mol. The highest BCUT2D eigenvalue weighted by molar-refractivity contribution is 7.99. The SMILES string of the molecule is CN(C(=O)C[C@H](CSc1ccccc1)Nc1ccc(S(=O)(=O)NC(=O)c2ccc(N3CCN(Cc4ccccc4-c4ccc(Cl)cc4)CC3)cc2)cc1[N+](=O)[O-])C(C)(C)C. The molecule has 0 aromatic heterocycles. The van der Waals surface area contributed by atoms with Gasteiger partial charge in [0.15, 0.2) is 0 Å². The fourth-order valence-electron chi connectivity index (χ4n) is 6.80. The molecule has 1 fully saturated rings. The minimum absolute atomic E-state index is 0.0384. The summed E-state index contributed by atoms with van der Waals surface area (Å²) in [5, 5.41) is 16.1. The average molecular weight is 870 g/mol. The first-order valence-electron chi connectivity index (χ1n) is 19.6. The molecule has 2 N–H and O–H groups in total. The lowest BCUT2D eigenvalue weighted by molar-refractivity contribution is -0.384. The van der Waals surface area contributed by atoms with Gasteiger partial charge in [-0.05, 0) is 98.1 Å². The van der Waals surface area contributed by atoms with E-state index in [0.29, 0.717) is 10.8 Å². The van der Waals surface area contributed by atoms with Crippen molar-refractivity contribution in [3.05, 3.63) is 148 Å². The van der Waals surface area contributed by atoms with Crippen molar-refractivity contribution in [2.45, 2.75) is 55.1 Å². The molecule has 6 rings (SSSR count). The maximum Gasteiger partial charge on any atom is 0.293 e. The Balaban J connectivity index is 1.08. The van der Waals surface area contributed by atoms with Gasteiger partial charge in [-0.25, -0.2) is 13.1 Å². The van der Waals surface area contributed by atoms with E-state index in [1.54, 1.807) is 36.2 Å². The maximum atomic E-state index is 13.4. The van der Waals surface area contributed by atoms with Crippen LogP contribution in [-0.4, -0.2) is 85.5 Å². The lowest BCUT2D eigenvalue weighted by Crippen LogP contribution is -2.46. The first-order chi connectivity index (χ1) is 28.6. The summed E-state index contributed by atoms with van der Waals surface area (Å²) in [4.78, 5) is 44.9. The molecule has 0 aliphatic carbocycles. The van der Waals surface area contributed by atoms with Crippen molar-refractivity contribution < 1.29 is 22.9 Å². The summed E-state index contributed by atoms with van der Waals surface area (Å²) in [5.74, 6) is -0.621. The summed E-state index contributed by atoms with van der Waals surface area (Å²) in [6.45, 7) is 9.74.